The summed E-state index contributed by atoms with van der Waals surface area (Å²) in [6.45, 7) is 2.28. The molecule has 13 heteroatoms. The molecule has 46 heavy (non-hydrogen) atoms. The number of anilines is 1. The van der Waals surface area contributed by atoms with Crippen molar-refractivity contribution in [2.75, 3.05) is 11.9 Å². The number of benzene rings is 2. The van der Waals surface area contributed by atoms with Crippen LogP contribution >= 0.6 is 11.3 Å². The molecule has 1 saturated carbocycles. The number of carbonyl (C=O) groups excluding carboxylic acids is 2. The maximum Gasteiger partial charge on any atom is 0.573 e. The van der Waals surface area contributed by atoms with Crippen LogP contribution in [-0.4, -0.2) is 51.8 Å². The zero-order valence-corrected chi connectivity index (χ0v) is 26.0. The third kappa shape index (κ3) is 8.65. The highest BCUT2D eigenvalue weighted by Gasteiger charge is 2.32. The number of alkyl halides is 3. The van der Waals surface area contributed by atoms with E-state index < -0.39 is 30.0 Å². The number of rotatable bonds is 10. The van der Waals surface area contributed by atoms with Crippen molar-refractivity contribution < 1.29 is 37.4 Å². The van der Waals surface area contributed by atoms with E-state index in [1.54, 1.807) is 29.2 Å². The lowest BCUT2D eigenvalue weighted by Crippen LogP contribution is -2.45. The fourth-order valence-electron chi connectivity index (χ4n) is 5.92. The Kier molecular flexibility index (Phi) is 10.3. The van der Waals surface area contributed by atoms with Crippen LogP contribution in [0.3, 0.4) is 0 Å². The van der Waals surface area contributed by atoms with E-state index in [1.807, 2.05) is 0 Å². The van der Waals surface area contributed by atoms with Crippen molar-refractivity contribution >= 4 is 44.6 Å². The number of halogens is 3. The van der Waals surface area contributed by atoms with Crippen LogP contribution in [-0.2, 0) is 11.3 Å². The molecule has 3 amide bonds. The Labute approximate surface area is 268 Å². The lowest BCUT2D eigenvalue weighted by atomic mass is 9.79. The number of urea groups is 1. The Morgan fingerprint density at radius 1 is 1.09 bits per heavy atom. The fraction of sp³-hybridized carbons (Fsp3) is 0.394. The molecule has 3 N–H and O–H groups in total. The Morgan fingerprint density at radius 3 is 2.50 bits per heavy atom. The van der Waals surface area contributed by atoms with Gasteiger partial charge in [-0.1, -0.05) is 67.9 Å². The maximum atomic E-state index is 13.9. The van der Waals surface area contributed by atoms with Crippen LogP contribution in [0.2, 0.25) is 0 Å². The first-order valence-electron chi connectivity index (χ1n) is 15.2. The number of allylic oxidation sites excluding steroid dienone is 2. The summed E-state index contributed by atoms with van der Waals surface area (Å²) in [5, 5.41) is 14.4. The van der Waals surface area contributed by atoms with Gasteiger partial charge in [0.05, 0.1) is 22.7 Å². The van der Waals surface area contributed by atoms with Crippen molar-refractivity contribution in [3.63, 3.8) is 0 Å². The van der Waals surface area contributed by atoms with Gasteiger partial charge in [0.25, 0.3) is 5.91 Å². The van der Waals surface area contributed by atoms with E-state index in [4.69, 9.17) is 5.11 Å². The predicted octanol–water partition coefficient (Wildman–Crippen LogP) is 7.51. The molecule has 3 aromatic rings. The Bertz CT molecular complexity index is 1630. The number of fused-ring (bicyclic) bond motifs is 1. The molecule has 2 unspecified atom stereocenters. The molecular formula is C33H35F3N4O5S. The lowest BCUT2D eigenvalue weighted by molar-refractivity contribution is -0.274. The van der Waals surface area contributed by atoms with Crippen molar-refractivity contribution in [2.45, 2.75) is 64.4 Å². The molecule has 0 radical (unpaired) electrons. The molecule has 2 aromatic carbocycles. The molecule has 0 bridgehead atoms. The largest absolute Gasteiger partial charge is 0.573 e. The lowest BCUT2D eigenvalue weighted by Gasteiger charge is -2.36. The van der Waals surface area contributed by atoms with E-state index in [2.05, 4.69) is 45.5 Å². The summed E-state index contributed by atoms with van der Waals surface area (Å²) in [5.41, 5.74) is 2.68. The number of hydrogen-bond donors (Lipinski definition) is 3. The van der Waals surface area contributed by atoms with Gasteiger partial charge >= 0.3 is 18.4 Å². The minimum atomic E-state index is -4.83. The second-order valence-corrected chi connectivity index (χ2v) is 12.6. The highest BCUT2D eigenvalue weighted by atomic mass is 32.1. The van der Waals surface area contributed by atoms with E-state index in [-0.39, 0.29) is 42.1 Å². The van der Waals surface area contributed by atoms with E-state index >= 15 is 0 Å². The van der Waals surface area contributed by atoms with Crippen LogP contribution in [0.4, 0.5) is 23.1 Å². The average Bonchev–Trinajstić information content (AvgIpc) is 3.41. The number of carboxylic acid groups (broad SMARTS) is 1. The monoisotopic (exact) mass is 656 g/mol. The van der Waals surface area contributed by atoms with Gasteiger partial charge in [-0.15, -0.1) is 13.2 Å². The van der Waals surface area contributed by atoms with Gasteiger partial charge in [0.2, 0.25) is 0 Å². The number of carbonyl (C=O) groups is 3. The highest BCUT2D eigenvalue weighted by Crippen LogP contribution is 2.35. The number of nitrogens with one attached hydrogen (secondary N) is 2. The number of thiazole rings is 1. The number of carboxylic acids is 1. The topological polar surface area (TPSA) is 121 Å². The van der Waals surface area contributed by atoms with Crippen LogP contribution in [0.25, 0.3) is 10.2 Å². The molecule has 1 aromatic heterocycles. The molecular weight excluding hydrogens is 621 g/mol. The van der Waals surface area contributed by atoms with Gasteiger partial charge in [0.1, 0.15) is 5.75 Å². The first-order chi connectivity index (χ1) is 21.9. The minimum Gasteiger partial charge on any atom is -0.481 e. The number of amides is 3. The van der Waals surface area contributed by atoms with Gasteiger partial charge in [-0.3, -0.25) is 14.9 Å². The molecule has 244 valence electrons. The first kappa shape index (κ1) is 33.0. The van der Waals surface area contributed by atoms with E-state index in [9.17, 15) is 27.6 Å². The molecule has 5 rings (SSSR count). The van der Waals surface area contributed by atoms with Crippen LogP contribution in [0, 0.1) is 11.8 Å². The molecule has 9 nitrogen and oxygen atoms in total. The van der Waals surface area contributed by atoms with Crippen molar-refractivity contribution in [1.29, 1.82) is 0 Å². The Morgan fingerprint density at radius 2 is 1.83 bits per heavy atom. The molecule has 0 spiro atoms. The van der Waals surface area contributed by atoms with E-state index in [0.717, 1.165) is 29.7 Å². The van der Waals surface area contributed by atoms with Gasteiger partial charge in [-0.25, -0.2) is 9.78 Å². The first-order valence-corrected chi connectivity index (χ1v) is 16.0. The molecule has 0 aliphatic heterocycles. The number of hydrogen-bond acceptors (Lipinski definition) is 6. The Balaban J connectivity index is 1.35. The normalized spacial score (nSPS) is 18.6. The summed E-state index contributed by atoms with van der Waals surface area (Å²) >= 11 is 1.14. The predicted molar refractivity (Wildman–Crippen MR) is 169 cm³/mol. The van der Waals surface area contributed by atoms with Crippen molar-refractivity contribution in [3.8, 4) is 5.75 Å². The second kappa shape index (κ2) is 14.4. The minimum absolute atomic E-state index is 0.00408. The summed E-state index contributed by atoms with van der Waals surface area (Å²) in [7, 11) is 0. The maximum absolute atomic E-state index is 13.9. The molecule has 2 aliphatic carbocycles. The number of ether oxygens (including phenoxy) is 1. The molecule has 2 atom stereocenters. The molecule has 1 heterocycles. The van der Waals surface area contributed by atoms with Crippen LogP contribution in [0.5, 0.6) is 5.75 Å². The number of aliphatic carboxylic acids is 1. The summed E-state index contributed by atoms with van der Waals surface area (Å²) in [4.78, 5) is 43.1. The number of aromatic nitrogens is 1. The van der Waals surface area contributed by atoms with Crippen LogP contribution in [0.15, 0.2) is 66.3 Å². The quantitative estimate of drug-likeness (QED) is 0.208. The summed E-state index contributed by atoms with van der Waals surface area (Å²) < 4.78 is 42.7. The standard InChI is InChI=1S/C33H35F3N4O5S/c1-20-17-24(22-5-3-2-4-6-22)11-13-27(20)40(19-21-7-9-23(10-8-21)30(43)37-16-15-29(41)42)32(44)39-31-38-26-18-25(45-33(34,35)36)12-14-28(26)46-31/h7-14,17-18,20,22,27H,2-6,15-16,19H2,1H3,(H,37,43)(H,41,42)(H,38,39,44). The van der Waals surface area contributed by atoms with Crippen molar-refractivity contribution in [2.24, 2.45) is 11.8 Å². The highest BCUT2D eigenvalue weighted by molar-refractivity contribution is 7.22. The van der Waals surface area contributed by atoms with Gasteiger partial charge in [-0.2, -0.15) is 0 Å². The van der Waals surface area contributed by atoms with Crippen molar-refractivity contribution in [1.82, 2.24) is 15.2 Å². The second-order valence-electron chi connectivity index (χ2n) is 11.6. The van der Waals surface area contributed by atoms with Crippen molar-refractivity contribution in [3.05, 3.63) is 77.4 Å². The van der Waals surface area contributed by atoms with Gasteiger partial charge in [0.15, 0.2) is 5.13 Å². The third-order valence-electron chi connectivity index (χ3n) is 8.18. The van der Waals surface area contributed by atoms with Crippen LogP contribution < -0.4 is 15.4 Å². The van der Waals surface area contributed by atoms with Gasteiger partial charge in [-0.05, 0) is 60.1 Å². The van der Waals surface area contributed by atoms with Gasteiger partial charge in [0, 0.05) is 24.7 Å². The molecule has 2 aliphatic rings. The summed E-state index contributed by atoms with van der Waals surface area (Å²) in [6.07, 6.45) is 7.37. The van der Waals surface area contributed by atoms with E-state index in [1.165, 1.54) is 43.0 Å². The van der Waals surface area contributed by atoms with E-state index in [0.29, 0.717) is 16.2 Å². The zero-order chi connectivity index (χ0) is 32.8. The third-order valence-corrected chi connectivity index (χ3v) is 9.13. The van der Waals surface area contributed by atoms with Gasteiger partial charge < -0.3 is 20.1 Å². The SMILES string of the molecule is CC1C=C(C2CCCCC2)C=CC1N(Cc1ccc(C(=O)NCCC(=O)O)cc1)C(=O)Nc1nc2cc(OC(F)(F)F)ccc2s1. The fourth-order valence-corrected chi connectivity index (χ4v) is 6.75. The summed E-state index contributed by atoms with van der Waals surface area (Å²) in [6, 6.07) is 9.84. The Hall–Kier alpha value is -4.39. The number of nitrogens with zero attached hydrogens (tertiary/aromatic N) is 2. The molecule has 1 fully saturated rings. The van der Waals surface area contributed by atoms with Crippen LogP contribution in [0.1, 0.15) is 61.4 Å². The smallest absolute Gasteiger partial charge is 0.481 e. The zero-order valence-electron chi connectivity index (χ0n) is 25.2. The average molecular weight is 657 g/mol. The summed E-state index contributed by atoms with van der Waals surface area (Å²) in [5.74, 6) is -1.29. The molecule has 0 saturated heterocycles.